The minimum absolute atomic E-state index is 0.195. The highest BCUT2D eigenvalue weighted by molar-refractivity contribution is 5.66. The summed E-state index contributed by atoms with van der Waals surface area (Å²) in [6.07, 6.45) is 1.73. The van der Waals surface area contributed by atoms with E-state index in [0.29, 0.717) is 19.0 Å². The van der Waals surface area contributed by atoms with Gasteiger partial charge in [0.1, 0.15) is 12.1 Å². The van der Waals surface area contributed by atoms with Crippen molar-refractivity contribution in [3.8, 4) is 5.88 Å². The first-order valence-electron chi connectivity index (χ1n) is 7.25. The molecule has 7 heteroatoms. The standard InChI is InChI=1S/C14H22N4O3/c1-3-21-14-11(2)13(15-10-16-14)18-8-6-17(7-9-18)5-4-12(19)20/h10H,3-9H2,1-2H3,(H,19,20). The molecule has 1 N–H and O–H groups in total. The highest BCUT2D eigenvalue weighted by atomic mass is 16.5. The molecule has 0 spiro atoms. The Kier molecular flexibility index (Phi) is 5.32. The van der Waals surface area contributed by atoms with Crippen molar-refractivity contribution in [2.45, 2.75) is 20.3 Å². The minimum atomic E-state index is -0.745. The van der Waals surface area contributed by atoms with E-state index in [4.69, 9.17) is 9.84 Å². The van der Waals surface area contributed by atoms with E-state index < -0.39 is 5.97 Å². The summed E-state index contributed by atoms with van der Waals surface area (Å²) in [5.74, 6) is 0.799. The molecule has 0 bridgehead atoms. The number of hydrogen-bond acceptors (Lipinski definition) is 6. The number of carbonyl (C=O) groups is 1. The number of ether oxygens (including phenoxy) is 1. The fraction of sp³-hybridized carbons (Fsp3) is 0.643. The normalized spacial score (nSPS) is 16.0. The summed E-state index contributed by atoms with van der Waals surface area (Å²) in [6, 6.07) is 0. The van der Waals surface area contributed by atoms with Crippen molar-refractivity contribution in [3.05, 3.63) is 11.9 Å². The predicted molar refractivity (Wildman–Crippen MR) is 78.8 cm³/mol. The van der Waals surface area contributed by atoms with Crippen LogP contribution in [0.25, 0.3) is 0 Å². The first kappa shape index (κ1) is 15.5. The monoisotopic (exact) mass is 294 g/mol. The number of carboxylic acids is 1. The quantitative estimate of drug-likeness (QED) is 0.830. The lowest BCUT2D eigenvalue weighted by Crippen LogP contribution is -2.47. The Morgan fingerprint density at radius 1 is 1.33 bits per heavy atom. The molecule has 0 aromatic carbocycles. The molecule has 116 valence electrons. The summed E-state index contributed by atoms with van der Waals surface area (Å²) in [6.45, 7) is 8.46. The number of piperazine rings is 1. The van der Waals surface area contributed by atoms with E-state index in [-0.39, 0.29) is 6.42 Å². The summed E-state index contributed by atoms with van der Waals surface area (Å²) in [7, 11) is 0. The fourth-order valence-electron chi connectivity index (χ4n) is 2.46. The summed E-state index contributed by atoms with van der Waals surface area (Å²) in [5, 5.41) is 8.72. The van der Waals surface area contributed by atoms with Gasteiger partial charge in [-0.1, -0.05) is 0 Å². The number of anilines is 1. The zero-order valence-corrected chi connectivity index (χ0v) is 12.6. The first-order chi connectivity index (χ1) is 10.1. The third kappa shape index (κ3) is 4.04. The first-order valence-corrected chi connectivity index (χ1v) is 7.25. The Bertz CT molecular complexity index is 487. The van der Waals surface area contributed by atoms with Gasteiger partial charge in [0.05, 0.1) is 18.6 Å². The van der Waals surface area contributed by atoms with E-state index in [0.717, 1.165) is 37.6 Å². The number of hydrogen-bond donors (Lipinski definition) is 1. The number of aliphatic carboxylic acids is 1. The number of carboxylic acid groups (broad SMARTS) is 1. The average molecular weight is 294 g/mol. The second kappa shape index (κ2) is 7.21. The van der Waals surface area contributed by atoms with Gasteiger partial charge in [-0.2, -0.15) is 0 Å². The molecule has 1 aliphatic rings. The van der Waals surface area contributed by atoms with Gasteiger partial charge in [0.2, 0.25) is 5.88 Å². The third-order valence-electron chi connectivity index (χ3n) is 3.61. The molecule has 0 saturated carbocycles. The molecule has 2 heterocycles. The van der Waals surface area contributed by atoms with Crippen LogP contribution < -0.4 is 9.64 Å². The highest BCUT2D eigenvalue weighted by Crippen LogP contribution is 2.24. The van der Waals surface area contributed by atoms with E-state index >= 15 is 0 Å². The molecular weight excluding hydrogens is 272 g/mol. The van der Waals surface area contributed by atoms with Gasteiger partial charge in [0, 0.05) is 32.7 Å². The van der Waals surface area contributed by atoms with Gasteiger partial charge in [-0.15, -0.1) is 0 Å². The summed E-state index contributed by atoms with van der Waals surface area (Å²) >= 11 is 0. The Morgan fingerprint density at radius 3 is 2.67 bits per heavy atom. The molecule has 1 aromatic rings. The maximum atomic E-state index is 10.6. The van der Waals surface area contributed by atoms with Crippen molar-refractivity contribution >= 4 is 11.8 Å². The number of rotatable bonds is 6. The third-order valence-corrected chi connectivity index (χ3v) is 3.61. The molecule has 0 aliphatic carbocycles. The summed E-state index contributed by atoms with van der Waals surface area (Å²) in [5.41, 5.74) is 0.957. The molecule has 0 unspecified atom stereocenters. The topological polar surface area (TPSA) is 78.8 Å². The number of nitrogens with zero attached hydrogens (tertiary/aromatic N) is 4. The zero-order chi connectivity index (χ0) is 15.2. The molecule has 0 amide bonds. The predicted octanol–water partition coefficient (Wildman–Crippen LogP) is 0.780. The second-order valence-corrected chi connectivity index (χ2v) is 5.03. The smallest absolute Gasteiger partial charge is 0.304 e. The van der Waals surface area contributed by atoms with Crippen LogP contribution in [0.3, 0.4) is 0 Å². The molecule has 7 nitrogen and oxygen atoms in total. The fourth-order valence-corrected chi connectivity index (χ4v) is 2.46. The van der Waals surface area contributed by atoms with Crippen molar-refractivity contribution in [1.82, 2.24) is 14.9 Å². The molecule has 1 saturated heterocycles. The Balaban J connectivity index is 1.96. The van der Waals surface area contributed by atoms with Crippen molar-refractivity contribution in [3.63, 3.8) is 0 Å². The van der Waals surface area contributed by atoms with Gasteiger partial charge in [-0.25, -0.2) is 9.97 Å². The van der Waals surface area contributed by atoms with Crippen LogP contribution in [0, 0.1) is 6.92 Å². The van der Waals surface area contributed by atoms with E-state index in [1.807, 2.05) is 13.8 Å². The molecule has 1 aliphatic heterocycles. The molecular formula is C14H22N4O3. The van der Waals surface area contributed by atoms with Crippen LogP contribution in [-0.4, -0.2) is 65.3 Å². The SMILES string of the molecule is CCOc1ncnc(N2CCN(CCC(=O)O)CC2)c1C. The van der Waals surface area contributed by atoms with Gasteiger partial charge in [0.15, 0.2) is 0 Å². The maximum absolute atomic E-state index is 10.6. The lowest BCUT2D eigenvalue weighted by atomic mass is 10.2. The van der Waals surface area contributed by atoms with Crippen LogP contribution in [0.15, 0.2) is 6.33 Å². The Hall–Kier alpha value is -1.89. The Labute approximate surface area is 124 Å². The Morgan fingerprint density at radius 2 is 2.05 bits per heavy atom. The molecule has 2 rings (SSSR count). The van der Waals surface area contributed by atoms with Crippen molar-refractivity contribution in [2.24, 2.45) is 0 Å². The molecule has 0 atom stereocenters. The van der Waals surface area contributed by atoms with Crippen LogP contribution in [0.1, 0.15) is 18.9 Å². The molecule has 21 heavy (non-hydrogen) atoms. The van der Waals surface area contributed by atoms with E-state index in [1.54, 1.807) is 0 Å². The van der Waals surface area contributed by atoms with Gasteiger partial charge >= 0.3 is 5.97 Å². The second-order valence-electron chi connectivity index (χ2n) is 5.03. The summed E-state index contributed by atoms with van der Waals surface area (Å²) < 4.78 is 5.50. The van der Waals surface area contributed by atoms with E-state index in [1.165, 1.54) is 6.33 Å². The van der Waals surface area contributed by atoms with Crippen molar-refractivity contribution < 1.29 is 14.6 Å². The highest BCUT2D eigenvalue weighted by Gasteiger charge is 2.21. The maximum Gasteiger partial charge on any atom is 0.304 e. The van der Waals surface area contributed by atoms with Crippen molar-refractivity contribution in [1.29, 1.82) is 0 Å². The van der Waals surface area contributed by atoms with Gasteiger partial charge < -0.3 is 14.7 Å². The van der Waals surface area contributed by atoms with Crippen LogP contribution in [0.2, 0.25) is 0 Å². The van der Waals surface area contributed by atoms with E-state index in [9.17, 15) is 4.79 Å². The molecule has 1 aromatic heterocycles. The van der Waals surface area contributed by atoms with E-state index in [2.05, 4.69) is 19.8 Å². The van der Waals surface area contributed by atoms with Gasteiger partial charge in [0.25, 0.3) is 0 Å². The zero-order valence-electron chi connectivity index (χ0n) is 12.6. The van der Waals surface area contributed by atoms with Crippen LogP contribution in [0.4, 0.5) is 5.82 Å². The minimum Gasteiger partial charge on any atom is -0.481 e. The van der Waals surface area contributed by atoms with Crippen molar-refractivity contribution in [2.75, 3.05) is 44.2 Å². The largest absolute Gasteiger partial charge is 0.481 e. The van der Waals surface area contributed by atoms with Crippen LogP contribution in [-0.2, 0) is 4.79 Å². The lowest BCUT2D eigenvalue weighted by molar-refractivity contribution is -0.137. The summed E-state index contributed by atoms with van der Waals surface area (Å²) in [4.78, 5) is 23.5. The lowest BCUT2D eigenvalue weighted by Gasteiger charge is -2.35. The molecule has 0 radical (unpaired) electrons. The average Bonchev–Trinajstić information content (AvgIpc) is 2.48. The number of aromatic nitrogens is 2. The van der Waals surface area contributed by atoms with Crippen LogP contribution in [0.5, 0.6) is 5.88 Å². The van der Waals surface area contributed by atoms with Gasteiger partial charge in [-0.05, 0) is 13.8 Å². The molecule has 1 fully saturated rings. The van der Waals surface area contributed by atoms with Crippen LogP contribution >= 0.6 is 0 Å². The van der Waals surface area contributed by atoms with Gasteiger partial charge in [-0.3, -0.25) is 9.69 Å².